The Morgan fingerprint density at radius 2 is 0.649 bits per heavy atom. The van der Waals surface area contributed by atoms with Crippen molar-refractivity contribution in [1.29, 1.82) is 0 Å². The lowest BCUT2D eigenvalue weighted by Gasteiger charge is -2.29. The predicted octanol–water partition coefficient (Wildman–Crippen LogP) is 15.8. The van der Waals surface area contributed by atoms with E-state index < -0.39 is 0 Å². The Labute approximate surface area is 334 Å². The summed E-state index contributed by atoms with van der Waals surface area (Å²) in [6.07, 6.45) is 0. The zero-order valence-corrected chi connectivity index (χ0v) is 31.5. The second kappa shape index (κ2) is 15.0. The van der Waals surface area contributed by atoms with Gasteiger partial charge in [0, 0.05) is 16.9 Å². The number of nitrogens with zero attached hydrogens (tertiary/aromatic N) is 1. The van der Waals surface area contributed by atoms with Crippen LogP contribution in [0.15, 0.2) is 237 Å². The normalized spacial score (nSPS) is 11.2. The predicted molar refractivity (Wildman–Crippen MR) is 243 cm³/mol. The highest BCUT2D eigenvalue weighted by Crippen LogP contribution is 2.46. The topological polar surface area (TPSA) is 3.24 Å². The zero-order valence-electron chi connectivity index (χ0n) is 31.5. The number of benzene rings is 10. The van der Waals surface area contributed by atoms with E-state index >= 15 is 0 Å². The number of rotatable bonds is 8. The van der Waals surface area contributed by atoms with Crippen LogP contribution in [0.3, 0.4) is 0 Å². The highest BCUT2D eigenvalue weighted by Gasteiger charge is 2.21. The molecule has 0 heterocycles. The Balaban J connectivity index is 1.12. The average Bonchev–Trinajstić information content (AvgIpc) is 3.30. The third-order valence-corrected chi connectivity index (χ3v) is 11.1. The van der Waals surface area contributed by atoms with Crippen molar-refractivity contribution in [2.24, 2.45) is 0 Å². The van der Waals surface area contributed by atoms with Crippen molar-refractivity contribution >= 4 is 38.6 Å². The monoisotopic (exact) mass is 725 g/mol. The van der Waals surface area contributed by atoms with Gasteiger partial charge in [-0.2, -0.15) is 0 Å². The molecule has 0 saturated carbocycles. The van der Waals surface area contributed by atoms with E-state index in [4.69, 9.17) is 0 Å². The van der Waals surface area contributed by atoms with Crippen LogP contribution in [0.1, 0.15) is 0 Å². The Kier molecular flexibility index (Phi) is 8.95. The molecule has 0 bridgehead atoms. The van der Waals surface area contributed by atoms with Gasteiger partial charge in [-0.25, -0.2) is 0 Å². The lowest BCUT2D eigenvalue weighted by Crippen LogP contribution is -2.11. The standard InChI is InChI=1S/C56H39N/c1-3-15-40(16-4-1)41-27-29-42(30-28-41)43-33-35-47(36-34-43)57(48-37-38-51-46(39-48)32-31-45-19-7-8-20-49(45)51)56-26-14-13-25-55(56)54-24-12-11-23-53(54)52-22-10-9-21-50(52)44-17-5-2-6-18-44/h1-39H. The number of fused-ring (bicyclic) bond motifs is 3. The molecule has 0 amide bonds. The highest BCUT2D eigenvalue weighted by molar-refractivity contribution is 6.09. The molecule has 10 rings (SSSR count). The molecule has 0 aliphatic carbocycles. The summed E-state index contributed by atoms with van der Waals surface area (Å²) in [5.41, 5.74) is 15.3. The molecule has 0 atom stereocenters. The van der Waals surface area contributed by atoms with Crippen molar-refractivity contribution < 1.29 is 0 Å². The lowest BCUT2D eigenvalue weighted by atomic mass is 9.88. The van der Waals surface area contributed by atoms with Crippen LogP contribution in [0.2, 0.25) is 0 Å². The van der Waals surface area contributed by atoms with Gasteiger partial charge in [0.2, 0.25) is 0 Å². The van der Waals surface area contributed by atoms with Crippen LogP contribution in [0.25, 0.3) is 77.2 Å². The fraction of sp³-hybridized carbons (Fsp3) is 0. The minimum absolute atomic E-state index is 1.09. The molecule has 0 spiro atoms. The van der Waals surface area contributed by atoms with Gasteiger partial charge < -0.3 is 4.90 Å². The Bertz CT molecular complexity index is 2980. The number of anilines is 3. The molecule has 0 fully saturated rings. The van der Waals surface area contributed by atoms with Gasteiger partial charge in [-0.05, 0) is 102 Å². The maximum absolute atomic E-state index is 2.42. The van der Waals surface area contributed by atoms with Gasteiger partial charge in [-0.15, -0.1) is 0 Å². The maximum Gasteiger partial charge on any atom is 0.0540 e. The molecule has 1 heteroatoms. The minimum Gasteiger partial charge on any atom is -0.310 e. The van der Waals surface area contributed by atoms with E-state index in [1.165, 1.54) is 71.6 Å². The zero-order chi connectivity index (χ0) is 38.0. The summed E-state index contributed by atoms with van der Waals surface area (Å²) in [4.78, 5) is 2.42. The summed E-state index contributed by atoms with van der Waals surface area (Å²) in [6, 6.07) is 85.6. The van der Waals surface area contributed by atoms with E-state index in [0.717, 1.165) is 22.6 Å². The summed E-state index contributed by atoms with van der Waals surface area (Å²) < 4.78 is 0. The van der Waals surface area contributed by atoms with Gasteiger partial charge in [0.1, 0.15) is 0 Å². The highest BCUT2D eigenvalue weighted by atomic mass is 15.1. The molecule has 0 aliphatic heterocycles. The van der Waals surface area contributed by atoms with Crippen molar-refractivity contribution in [2.45, 2.75) is 0 Å². The van der Waals surface area contributed by atoms with E-state index in [1.807, 2.05) is 0 Å². The molecule has 10 aromatic rings. The molecule has 0 N–H and O–H groups in total. The van der Waals surface area contributed by atoms with Crippen LogP contribution in [-0.4, -0.2) is 0 Å². The first-order valence-corrected chi connectivity index (χ1v) is 19.6. The minimum atomic E-state index is 1.09. The summed E-state index contributed by atoms with van der Waals surface area (Å²) in [5.74, 6) is 0. The van der Waals surface area contributed by atoms with Crippen LogP contribution < -0.4 is 4.90 Å². The third kappa shape index (κ3) is 6.56. The summed E-state index contributed by atoms with van der Waals surface area (Å²) >= 11 is 0. The van der Waals surface area contributed by atoms with E-state index in [2.05, 4.69) is 241 Å². The Morgan fingerprint density at radius 3 is 1.32 bits per heavy atom. The average molecular weight is 726 g/mol. The molecule has 57 heavy (non-hydrogen) atoms. The summed E-state index contributed by atoms with van der Waals surface area (Å²) in [7, 11) is 0. The van der Waals surface area contributed by atoms with E-state index in [9.17, 15) is 0 Å². The molecular formula is C56H39N. The molecular weight excluding hydrogens is 687 g/mol. The second-order valence-electron chi connectivity index (χ2n) is 14.5. The lowest BCUT2D eigenvalue weighted by molar-refractivity contribution is 1.29. The van der Waals surface area contributed by atoms with Crippen molar-refractivity contribution in [1.82, 2.24) is 0 Å². The molecule has 0 unspecified atom stereocenters. The van der Waals surface area contributed by atoms with Crippen LogP contribution in [0.4, 0.5) is 17.1 Å². The molecule has 268 valence electrons. The summed E-state index contributed by atoms with van der Waals surface area (Å²) in [6.45, 7) is 0. The van der Waals surface area contributed by atoms with Gasteiger partial charge in [0.05, 0.1) is 5.69 Å². The SMILES string of the molecule is c1ccc(-c2ccc(-c3ccc(N(c4ccc5c(ccc6ccccc65)c4)c4ccccc4-c4ccccc4-c4ccccc4-c4ccccc4)cc3)cc2)cc1. The largest absolute Gasteiger partial charge is 0.310 e. The van der Waals surface area contributed by atoms with E-state index in [-0.39, 0.29) is 0 Å². The Morgan fingerprint density at radius 1 is 0.228 bits per heavy atom. The van der Waals surface area contributed by atoms with Crippen LogP contribution in [-0.2, 0) is 0 Å². The first-order valence-electron chi connectivity index (χ1n) is 19.6. The van der Waals surface area contributed by atoms with Gasteiger partial charge in [-0.3, -0.25) is 0 Å². The van der Waals surface area contributed by atoms with Crippen LogP contribution >= 0.6 is 0 Å². The Hall–Kier alpha value is -7.48. The van der Waals surface area contributed by atoms with Crippen molar-refractivity contribution in [2.75, 3.05) is 4.90 Å². The van der Waals surface area contributed by atoms with Crippen LogP contribution in [0, 0.1) is 0 Å². The smallest absolute Gasteiger partial charge is 0.0540 e. The molecule has 0 radical (unpaired) electrons. The number of para-hydroxylation sites is 1. The second-order valence-corrected chi connectivity index (χ2v) is 14.5. The van der Waals surface area contributed by atoms with Crippen molar-refractivity contribution in [3.63, 3.8) is 0 Å². The van der Waals surface area contributed by atoms with Gasteiger partial charge >= 0.3 is 0 Å². The fourth-order valence-corrected chi connectivity index (χ4v) is 8.29. The number of hydrogen-bond donors (Lipinski definition) is 0. The van der Waals surface area contributed by atoms with Gasteiger partial charge in [0.15, 0.2) is 0 Å². The maximum atomic E-state index is 2.42. The van der Waals surface area contributed by atoms with Crippen LogP contribution in [0.5, 0.6) is 0 Å². The van der Waals surface area contributed by atoms with E-state index in [1.54, 1.807) is 0 Å². The number of hydrogen-bond acceptors (Lipinski definition) is 1. The molecule has 0 aliphatic rings. The molecule has 10 aromatic carbocycles. The third-order valence-electron chi connectivity index (χ3n) is 11.1. The summed E-state index contributed by atoms with van der Waals surface area (Å²) in [5, 5.41) is 4.98. The molecule has 0 saturated heterocycles. The quantitative estimate of drug-likeness (QED) is 0.141. The molecule has 1 nitrogen and oxygen atoms in total. The van der Waals surface area contributed by atoms with Gasteiger partial charge in [0.25, 0.3) is 0 Å². The van der Waals surface area contributed by atoms with Gasteiger partial charge in [-0.1, -0.05) is 206 Å². The van der Waals surface area contributed by atoms with E-state index in [0.29, 0.717) is 0 Å². The fourth-order valence-electron chi connectivity index (χ4n) is 8.29. The first-order chi connectivity index (χ1) is 28.3. The van der Waals surface area contributed by atoms with Crippen molar-refractivity contribution in [3.8, 4) is 55.6 Å². The first kappa shape index (κ1) is 34.0. The van der Waals surface area contributed by atoms with Crippen molar-refractivity contribution in [3.05, 3.63) is 237 Å². The molecule has 0 aromatic heterocycles.